The molecule has 0 rings (SSSR count). The fourth-order valence-electron chi connectivity index (χ4n) is 0.471. The van der Waals surface area contributed by atoms with E-state index < -0.39 is 5.97 Å². The molecule has 0 radical (unpaired) electrons. The minimum Gasteiger partial charge on any atom is -0.480 e. The average molecular weight is 143 g/mol. The Bertz CT molecular complexity index is 132. The molecule has 2 N–H and O–H groups in total. The maximum atomic E-state index is 9.98. The van der Waals surface area contributed by atoms with Crippen molar-refractivity contribution >= 4 is 5.97 Å². The normalized spacial score (nSPS) is 9.30. The molecule has 0 unspecified atom stereocenters. The maximum Gasteiger partial charge on any atom is 0.317 e. The molecule has 58 valence electrons. The standard InChI is InChI=1S/C7H13NO2/c1-3-6(2)4-8-5-7(9)10/h8H,2-5H2,1H3,(H,9,10). The van der Waals surface area contributed by atoms with E-state index in [0.29, 0.717) is 6.54 Å². The largest absolute Gasteiger partial charge is 0.480 e. The molecule has 0 heterocycles. The van der Waals surface area contributed by atoms with E-state index in [4.69, 9.17) is 5.11 Å². The Morgan fingerprint density at radius 3 is 2.60 bits per heavy atom. The molecule has 0 aromatic rings. The Kier molecular flexibility index (Phi) is 4.58. The van der Waals surface area contributed by atoms with E-state index in [1.54, 1.807) is 0 Å². The Morgan fingerprint density at radius 1 is 1.60 bits per heavy atom. The lowest BCUT2D eigenvalue weighted by Crippen LogP contribution is -2.24. The number of rotatable bonds is 5. The summed E-state index contributed by atoms with van der Waals surface area (Å²) < 4.78 is 0. The summed E-state index contributed by atoms with van der Waals surface area (Å²) in [6.45, 7) is 6.32. The molecule has 3 nitrogen and oxygen atoms in total. The number of carboxylic acid groups (broad SMARTS) is 1. The van der Waals surface area contributed by atoms with Crippen molar-refractivity contribution in [1.29, 1.82) is 0 Å². The molecule has 3 heteroatoms. The summed E-state index contributed by atoms with van der Waals surface area (Å²) in [5.74, 6) is -0.830. The molecule has 0 atom stereocenters. The van der Waals surface area contributed by atoms with E-state index in [0.717, 1.165) is 12.0 Å². The summed E-state index contributed by atoms with van der Waals surface area (Å²) >= 11 is 0. The van der Waals surface area contributed by atoms with Gasteiger partial charge in [-0.15, -0.1) is 0 Å². The summed E-state index contributed by atoms with van der Waals surface area (Å²) in [6, 6.07) is 0. The van der Waals surface area contributed by atoms with E-state index in [1.165, 1.54) is 0 Å². The molecular formula is C7H13NO2. The Morgan fingerprint density at radius 2 is 2.20 bits per heavy atom. The van der Waals surface area contributed by atoms with Crippen molar-refractivity contribution in [3.63, 3.8) is 0 Å². The van der Waals surface area contributed by atoms with Crippen LogP contribution in [0.2, 0.25) is 0 Å². The molecule has 0 aliphatic carbocycles. The van der Waals surface area contributed by atoms with Crippen LogP contribution in [0.5, 0.6) is 0 Å². The molecule has 0 aromatic heterocycles. The second-order valence-corrected chi connectivity index (χ2v) is 2.10. The summed E-state index contributed by atoms with van der Waals surface area (Å²) in [6.07, 6.45) is 0.895. The molecule has 0 aromatic carbocycles. The van der Waals surface area contributed by atoms with Crippen LogP contribution in [0.1, 0.15) is 13.3 Å². The van der Waals surface area contributed by atoms with Crippen molar-refractivity contribution in [3.8, 4) is 0 Å². The highest BCUT2D eigenvalue weighted by atomic mass is 16.4. The third-order valence-electron chi connectivity index (χ3n) is 1.15. The van der Waals surface area contributed by atoms with Crippen molar-refractivity contribution in [2.75, 3.05) is 13.1 Å². The van der Waals surface area contributed by atoms with Gasteiger partial charge in [-0.2, -0.15) is 0 Å². The highest BCUT2D eigenvalue weighted by Gasteiger charge is 1.94. The average Bonchev–Trinajstić information content (AvgIpc) is 1.87. The van der Waals surface area contributed by atoms with Crippen LogP contribution in [-0.4, -0.2) is 24.2 Å². The van der Waals surface area contributed by atoms with Gasteiger partial charge in [0.15, 0.2) is 0 Å². The van der Waals surface area contributed by atoms with Gasteiger partial charge in [0.1, 0.15) is 0 Å². The molecule has 10 heavy (non-hydrogen) atoms. The molecule has 0 aliphatic rings. The van der Waals surface area contributed by atoms with Crippen LogP contribution in [0.4, 0.5) is 0 Å². The van der Waals surface area contributed by atoms with Gasteiger partial charge in [-0.05, 0) is 6.42 Å². The minimum atomic E-state index is -0.830. The van der Waals surface area contributed by atoms with Gasteiger partial charge in [-0.25, -0.2) is 0 Å². The van der Waals surface area contributed by atoms with Crippen LogP contribution in [0.25, 0.3) is 0 Å². The van der Waals surface area contributed by atoms with Crippen LogP contribution in [0.3, 0.4) is 0 Å². The van der Waals surface area contributed by atoms with E-state index in [1.807, 2.05) is 6.92 Å². The van der Waals surface area contributed by atoms with Crippen LogP contribution in [0, 0.1) is 0 Å². The number of carbonyl (C=O) groups is 1. The number of nitrogens with one attached hydrogen (secondary N) is 1. The predicted octanol–water partition coefficient (Wildman–Crippen LogP) is 0.627. The van der Waals surface area contributed by atoms with E-state index >= 15 is 0 Å². The zero-order chi connectivity index (χ0) is 7.98. The SMILES string of the molecule is C=C(CC)CNCC(=O)O. The first-order valence-electron chi connectivity index (χ1n) is 3.26. The highest BCUT2D eigenvalue weighted by Crippen LogP contribution is 1.91. The van der Waals surface area contributed by atoms with Gasteiger partial charge in [-0.1, -0.05) is 19.1 Å². The number of aliphatic carboxylic acids is 1. The van der Waals surface area contributed by atoms with Crippen LogP contribution < -0.4 is 5.32 Å². The maximum absolute atomic E-state index is 9.98. The molecule has 0 spiro atoms. The Labute approximate surface area is 60.7 Å². The van der Waals surface area contributed by atoms with Gasteiger partial charge in [0.2, 0.25) is 0 Å². The second-order valence-electron chi connectivity index (χ2n) is 2.10. The number of hydrogen-bond acceptors (Lipinski definition) is 2. The zero-order valence-corrected chi connectivity index (χ0v) is 6.18. The van der Waals surface area contributed by atoms with E-state index in [-0.39, 0.29) is 6.54 Å². The van der Waals surface area contributed by atoms with Crippen LogP contribution >= 0.6 is 0 Å². The van der Waals surface area contributed by atoms with Crippen molar-refractivity contribution in [1.82, 2.24) is 5.32 Å². The van der Waals surface area contributed by atoms with Gasteiger partial charge in [0.25, 0.3) is 0 Å². The minimum absolute atomic E-state index is 0.0129. The summed E-state index contributed by atoms with van der Waals surface area (Å²) in [5, 5.41) is 10.9. The van der Waals surface area contributed by atoms with Crippen molar-refractivity contribution in [2.45, 2.75) is 13.3 Å². The summed E-state index contributed by atoms with van der Waals surface area (Å²) in [7, 11) is 0. The van der Waals surface area contributed by atoms with Gasteiger partial charge < -0.3 is 10.4 Å². The van der Waals surface area contributed by atoms with Crippen molar-refractivity contribution in [3.05, 3.63) is 12.2 Å². The number of hydrogen-bond donors (Lipinski definition) is 2. The predicted molar refractivity (Wildman–Crippen MR) is 39.9 cm³/mol. The fourth-order valence-corrected chi connectivity index (χ4v) is 0.471. The second kappa shape index (κ2) is 4.99. The van der Waals surface area contributed by atoms with Gasteiger partial charge in [0.05, 0.1) is 6.54 Å². The molecule has 0 bridgehead atoms. The first-order valence-corrected chi connectivity index (χ1v) is 3.26. The Balaban J connectivity index is 3.20. The van der Waals surface area contributed by atoms with E-state index in [2.05, 4.69) is 11.9 Å². The summed E-state index contributed by atoms with van der Waals surface area (Å²) in [5.41, 5.74) is 1.03. The third kappa shape index (κ3) is 5.31. The highest BCUT2D eigenvalue weighted by molar-refractivity contribution is 5.69. The molecule has 0 amide bonds. The molecule has 0 fully saturated rings. The zero-order valence-electron chi connectivity index (χ0n) is 6.18. The lowest BCUT2D eigenvalue weighted by Gasteiger charge is -2.01. The molecule has 0 aliphatic heterocycles. The van der Waals surface area contributed by atoms with E-state index in [9.17, 15) is 4.79 Å². The van der Waals surface area contributed by atoms with Crippen LogP contribution in [0.15, 0.2) is 12.2 Å². The quantitative estimate of drug-likeness (QED) is 0.555. The molecular weight excluding hydrogens is 130 g/mol. The number of carboxylic acids is 1. The molecule has 0 saturated heterocycles. The topological polar surface area (TPSA) is 49.3 Å². The van der Waals surface area contributed by atoms with Crippen molar-refractivity contribution < 1.29 is 9.90 Å². The molecule has 0 saturated carbocycles. The first kappa shape index (κ1) is 9.17. The monoisotopic (exact) mass is 143 g/mol. The fraction of sp³-hybridized carbons (Fsp3) is 0.571. The van der Waals surface area contributed by atoms with Crippen molar-refractivity contribution in [2.24, 2.45) is 0 Å². The summed E-state index contributed by atoms with van der Waals surface area (Å²) in [4.78, 5) is 9.98. The lowest BCUT2D eigenvalue weighted by molar-refractivity contribution is -0.135. The van der Waals surface area contributed by atoms with Gasteiger partial charge in [-0.3, -0.25) is 4.79 Å². The van der Waals surface area contributed by atoms with Gasteiger partial charge in [0, 0.05) is 6.54 Å². The Hall–Kier alpha value is -0.830. The van der Waals surface area contributed by atoms with Crippen LogP contribution in [-0.2, 0) is 4.79 Å². The third-order valence-corrected chi connectivity index (χ3v) is 1.15. The van der Waals surface area contributed by atoms with Gasteiger partial charge >= 0.3 is 5.97 Å². The first-order chi connectivity index (χ1) is 4.66. The lowest BCUT2D eigenvalue weighted by atomic mass is 10.2. The smallest absolute Gasteiger partial charge is 0.317 e.